The Kier molecular flexibility index (Phi) is 2.78. The zero-order valence-corrected chi connectivity index (χ0v) is 9.47. The second-order valence-electron chi connectivity index (χ2n) is 3.79. The summed E-state index contributed by atoms with van der Waals surface area (Å²) >= 11 is 0. The fourth-order valence-electron chi connectivity index (χ4n) is 1.83. The number of nitrogens with one attached hydrogen (secondary N) is 1. The Hall–Kier alpha value is -2.36. The summed E-state index contributed by atoms with van der Waals surface area (Å²) in [5, 5.41) is 8.48. The smallest absolute Gasteiger partial charge is 0.258 e. The first-order valence-corrected chi connectivity index (χ1v) is 5.20. The van der Waals surface area contributed by atoms with Crippen molar-refractivity contribution in [3.8, 4) is 0 Å². The zero-order chi connectivity index (χ0) is 12.4. The Morgan fingerprint density at radius 3 is 2.65 bits per heavy atom. The predicted molar refractivity (Wildman–Crippen MR) is 70.1 cm³/mol. The Morgan fingerprint density at radius 1 is 1.35 bits per heavy atom. The number of benzene rings is 1. The molecule has 0 bridgehead atoms. The summed E-state index contributed by atoms with van der Waals surface area (Å²) in [6.45, 7) is 0. The summed E-state index contributed by atoms with van der Waals surface area (Å²) in [7, 11) is 1.69. The lowest BCUT2D eigenvalue weighted by molar-refractivity contribution is 0.870. The summed E-state index contributed by atoms with van der Waals surface area (Å²) in [6, 6.07) is 7.32. The van der Waals surface area contributed by atoms with Gasteiger partial charge in [0.15, 0.2) is 0 Å². The van der Waals surface area contributed by atoms with Gasteiger partial charge in [0, 0.05) is 36.1 Å². The van der Waals surface area contributed by atoms with Crippen LogP contribution in [-0.4, -0.2) is 10.8 Å². The van der Waals surface area contributed by atoms with Crippen LogP contribution in [0.1, 0.15) is 5.56 Å². The molecule has 0 saturated carbocycles. The second kappa shape index (κ2) is 4.25. The van der Waals surface area contributed by atoms with Crippen molar-refractivity contribution in [3.63, 3.8) is 0 Å². The highest BCUT2D eigenvalue weighted by atomic mass is 16.1. The van der Waals surface area contributed by atoms with E-state index in [1.807, 2.05) is 18.2 Å². The molecule has 1 heterocycles. The van der Waals surface area contributed by atoms with Crippen LogP contribution in [0.15, 0.2) is 41.3 Å². The molecule has 3 N–H and O–H groups in total. The fraction of sp³-hybridized carbons (Fsp3) is 0.0769. The molecule has 2 aromatic rings. The molecule has 4 nitrogen and oxygen atoms in total. The maximum absolute atomic E-state index is 11.9. The van der Waals surface area contributed by atoms with Crippen LogP contribution < -0.4 is 11.3 Å². The largest absolute Gasteiger partial charge is 0.398 e. The Bertz CT molecular complexity index is 668. The van der Waals surface area contributed by atoms with Crippen LogP contribution in [-0.2, 0) is 7.05 Å². The number of rotatable bonds is 2. The maximum Gasteiger partial charge on any atom is 0.258 e. The average molecular weight is 227 g/mol. The zero-order valence-electron chi connectivity index (χ0n) is 9.47. The minimum absolute atomic E-state index is 0.0491. The van der Waals surface area contributed by atoms with Gasteiger partial charge in [-0.05, 0) is 17.5 Å². The van der Waals surface area contributed by atoms with E-state index in [2.05, 4.69) is 0 Å². The number of pyridine rings is 1. The third-order valence-electron chi connectivity index (χ3n) is 2.66. The van der Waals surface area contributed by atoms with E-state index in [0.29, 0.717) is 11.1 Å². The monoisotopic (exact) mass is 227 g/mol. The van der Waals surface area contributed by atoms with Crippen LogP contribution in [0.5, 0.6) is 0 Å². The van der Waals surface area contributed by atoms with E-state index in [1.165, 1.54) is 10.6 Å². The van der Waals surface area contributed by atoms with Gasteiger partial charge in [-0.15, -0.1) is 0 Å². The normalized spacial score (nSPS) is 11.7. The summed E-state index contributed by atoms with van der Waals surface area (Å²) in [4.78, 5) is 11.9. The lowest BCUT2D eigenvalue weighted by Crippen LogP contribution is -2.18. The molecule has 0 aliphatic heterocycles. The molecule has 0 spiro atoms. The van der Waals surface area contributed by atoms with E-state index < -0.39 is 0 Å². The standard InChI is InChI=1S/C13H13N3O/c1-16-8-11(12(15)6-7-14)9-4-2-3-5-10(9)13(16)17/h2-8,14H,15H2,1H3/b12-6-,14-7?. The first kappa shape index (κ1) is 11.1. The molecule has 0 aliphatic rings. The van der Waals surface area contributed by atoms with Gasteiger partial charge in [-0.3, -0.25) is 4.79 Å². The van der Waals surface area contributed by atoms with E-state index in [4.69, 9.17) is 11.1 Å². The van der Waals surface area contributed by atoms with Crippen LogP contribution in [0, 0.1) is 5.41 Å². The maximum atomic E-state index is 11.9. The number of hydrogen-bond acceptors (Lipinski definition) is 3. The number of nitrogens with zero attached hydrogens (tertiary/aromatic N) is 1. The van der Waals surface area contributed by atoms with Gasteiger partial charge in [-0.1, -0.05) is 18.2 Å². The van der Waals surface area contributed by atoms with Gasteiger partial charge < -0.3 is 15.7 Å². The van der Waals surface area contributed by atoms with E-state index in [9.17, 15) is 4.79 Å². The van der Waals surface area contributed by atoms with Crippen LogP contribution in [0.4, 0.5) is 0 Å². The van der Waals surface area contributed by atoms with Crippen molar-refractivity contribution in [2.24, 2.45) is 12.8 Å². The van der Waals surface area contributed by atoms with Gasteiger partial charge in [0.2, 0.25) is 0 Å². The van der Waals surface area contributed by atoms with Crippen LogP contribution in [0.3, 0.4) is 0 Å². The molecule has 2 rings (SSSR count). The minimum Gasteiger partial charge on any atom is -0.398 e. The molecule has 0 unspecified atom stereocenters. The number of nitrogens with two attached hydrogens (primary N) is 1. The molecule has 0 fully saturated rings. The van der Waals surface area contributed by atoms with Gasteiger partial charge in [0.05, 0.1) is 0 Å². The molecule has 0 aliphatic carbocycles. The SMILES string of the molecule is Cn1cc(/C(N)=C/C=N)c2ccccc2c1=O. The second-order valence-corrected chi connectivity index (χ2v) is 3.79. The molecule has 1 aromatic carbocycles. The Morgan fingerprint density at radius 2 is 2.00 bits per heavy atom. The van der Waals surface area contributed by atoms with Gasteiger partial charge in [0.25, 0.3) is 5.56 Å². The lowest BCUT2D eigenvalue weighted by Gasteiger charge is -2.08. The molecule has 86 valence electrons. The molecule has 0 saturated heterocycles. The number of fused-ring (bicyclic) bond motifs is 1. The molecule has 17 heavy (non-hydrogen) atoms. The van der Waals surface area contributed by atoms with Crippen molar-refractivity contribution >= 4 is 22.7 Å². The van der Waals surface area contributed by atoms with Gasteiger partial charge in [0.1, 0.15) is 0 Å². The van der Waals surface area contributed by atoms with Crippen molar-refractivity contribution < 1.29 is 0 Å². The third kappa shape index (κ3) is 1.85. The molecule has 4 heteroatoms. The first-order valence-electron chi connectivity index (χ1n) is 5.20. The summed E-state index contributed by atoms with van der Waals surface area (Å²) in [5.41, 5.74) is 7.08. The number of aryl methyl sites for hydroxylation is 1. The highest BCUT2D eigenvalue weighted by Gasteiger charge is 2.07. The fourth-order valence-corrected chi connectivity index (χ4v) is 1.83. The minimum atomic E-state index is -0.0491. The average Bonchev–Trinajstić information content (AvgIpc) is 2.34. The van der Waals surface area contributed by atoms with E-state index in [1.54, 1.807) is 19.3 Å². The molecule has 0 amide bonds. The van der Waals surface area contributed by atoms with Crippen molar-refractivity contribution in [1.29, 1.82) is 5.41 Å². The predicted octanol–water partition coefficient (Wildman–Crippen LogP) is 1.49. The molecular weight excluding hydrogens is 214 g/mol. The highest BCUT2D eigenvalue weighted by molar-refractivity contribution is 5.95. The van der Waals surface area contributed by atoms with Crippen molar-refractivity contribution in [3.05, 3.63) is 52.5 Å². The van der Waals surface area contributed by atoms with Crippen LogP contribution >= 0.6 is 0 Å². The number of allylic oxidation sites excluding steroid dienone is 1. The number of aromatic nitrogens is 1. The Balaban J connectivity index is 2.90. The topological polar surface area (TPSA) is 71.9 Å². The van der Waals surface area contributed by atoms with Gasteiger partial charge >= 0.3 is 0 Å². The lowest BCUT2D eigenvalue weighted by atomic mass is 10.1. The van der Waals surface area contributed by atoms with E-state index in [-0.39, 0.29) is 5.56 Å². The van der Waals surface area contributed by atoms with Crippen LogP contribution in [0.25, 0.3) is 16.5 Å². The van der Waals surface area contributed by atoms with E-state index >= 15 is 0 Å². The van der Waals surface area contributed by atoms with Gasteiger partial charge in [-0.2, -0.15) is 0 Å². The first-order chi connectivity index (χ1) is 8.15. The van der Waals surface area contributed by atoms with Crippen LogP contribution in [0.2, 0.25) is 0 Å². The van der Waals surface area contributed by atoms with E-state index in [0.717, 1.165) is 17.2 Å². The molecule has 1 aromatic heterocycles. The van der Waals surface area contributed by atoms with Crippen molar-refractivity contribution in [2.75, 3.05) is 0 Å². The summed E-state index contributed by atoms with van der Waals surface area (Å²) < 4.78 is 1.50. The van der Waals surface area contributed by atoms with Crippen molar-refractivity contribution in [2.45, 2.75) is 0 Å². The third-order valence-corrected chi connectivity index (χ3v) is 2.66. The molecule has 0 atom stereocenters. The summed E-state index contributed by atoms with van der Waals surface area (Å²) in [5.74, 6) is 0. The Labute approximate surface area is 98.5 Å². The summed E-state index contributed by atoms with van der Waals surface area (Å²) in [6.07, 6.45) is 4.33. The molecule has 0 radical (unpaired) electrons. The number of hydrogen-bond donors (Lipinski definition) is 2. The van der Waals surface area contributed by atoms with Crippen molar-refractivity contribution in [1.82, 2.24) is 4.57 Å². The quantitative estimate of drug-likeness (QED) is 0.763. The molecular formula is C13H13N3O. The highest BCUT2D eigenvalue weighted by Crippen LogP contribution is 2.19. The van der Waals surface area contributed by atoms with Gasteiger partial charge in [-0.25, -0.2) is 0 Å².